The molecule has 0 unspecified atom stereocenters. The first kappa shape index (κ1) is 10.3. The molecule has 14 heavy (non-hydrogen) atoms. The van der Waals surface area contributed by atoms with E-state index in [-0.39, 0.29) is 12.6 Å². The van der Waals surface area contributed by atoms with Gasteiger partial charge >= 0.3 is 0 Å². The molecule has 0 spiro atoms. The van der Waals surface area contributed by atoms with Gasteiger partial charge < -0.3 is 20.4 Å². The Balaban J connectivity index is 2.15. The van der Waals surface area contributed by atoms with Crippen molar-refractivity contribution >= 4 is 0 Å². The number of fused-ring (bicyclic) bond motifs is 1. The average molecular weight is 203 g/mol. The fourth-order valence-electron chi connectivity index (χ4n) is 2.61. The second-order valence-corrected chi connectivity index (χ2v) is 4.23. The fourth-order valence-corrected chi connectivity index (χ4v) is 2.61. The average Bonchev–Trinajstić information content (AvgIpc) is 2.45. The Morgan fingerprint density at radius 3 is 2.43 bits per heavy atom. The third-order valence-electron chi connectivity index (χ3n) is 3.39. The highest BCUT2D eigenvalue weighted by Gasteiger charge is 2.48. The zero-order chi connectivity index (χ0) is 10.3. The second kappa shape index (κ2) is 3.75. The molecule has 0 radical (unpaired) electrons. The third kappa shape index (κ3) is 1.45. The molecule has 5 nitrogen and oxygen atoms in total. The summed E-state index contributed by atoms with van der Waals surface area (Å²) in [5, 5.41) is 37.9. The first-order chi connectivity index (χ1) is 6.65. The normalized spacial score (nSPS) is 49.3. The Hall–Kier alpha value is -0.200. The summed E-state index contributed by atoms with van der Waals surface area (Å²) in [5.74, 6) is 0. The summed E-state index contributed by atoms with van der Waals surface area (Å²) < 4.78 is 0. The van der Waals surface area contributed by atoms with E-state index in [4.69, 9.17) is 5.11 Å². The van der Waals surface area contributed by atoms with Gasteiger partial charge in [0, 0.05) is 12.6 Å². The van der Waals surface area contributed by atoms with Gasteiger partial charge in [0.25, 0.3) is 0 Å². The maximum Gasteiger partial charge on any atom is 0.0991 e. The third-order valence-corrected chi connectivity index (χ3v) is 3.39. The Bertz CT molecular complexity index is 213. The molecule has 2 aliphatic heterocycles. The van der Waals surface area contributed by atoms with E-state index in [9.17, 15) is 15.3 Å². The van der Waals surface area contributed by atoms with Gasteiger partial charge in [-0.2, -0.15) is 0 Å². The molecule has 0 aromatic carbocycles. The molecule has 2 aliphatic rings. The van der Waals surface area contributed by atoms with Crippen LogP contribution < -0.4 is 0 Å². The molecule has 4 N–H and O–H groups in total. The molecule has 0 amide bonds. The number of nitrogens with zero attached hydrogens (tertiary/aromatic N) is 1. The molecule has 0 aromatic rings. The molecule has 5 atom stereocenters. The van der Waals surface area contributed by atoms with Gasteiger partial charge in [0.15, 0.2) is 0 Å². The molecule has 2 rings (SSSR count). The van der Waals surface area contributed by atoms with E-state index in [1.807, 2.05) is 4.90 Å². The van der Waals surface area contributed by atoms with Crippen molar-refractivity contribution in [2.45, 2.75) is 43.2 Å². The van der Waals surface area contributed by atoms with Gasteiger partial charge in [0.1, 0.15) is 0 Å². The largest absolute Gasteiger partial charge is 0.395 e. The minimum Gasteiger partial charge on any atom is -0.395 e. The van der Waals surface area contributed by atoms with Crippen molar-refractivity contribution in [2.24, 2.45) is 0 Å². The van der Waals surface area contributed by atoms with Crippen LogP contribution in [0.5, 0.6) is 0 Å². The van der Waals surface area contributed by atoms with E-state index >= 15 is 0 Å². The van der Waals surface area contributed by atoms with E-state index in [1.165, 1.54) is 0 Å². The van der Waals surface area contributed by atoms with Gasteiger partial charge in [-0.05, 0) is 12.8 Å². The molecule has 82 valence electrons. The smallest absolute Gasteiger partial charge is 0.0991 e. The standard InChI is InChI=1S/C9H17NO4/c11-4-5-1-2-6(12)8-9(14)7(13)3-10(5)8/h5-9,11-14H,1-4H2/t5-,6-,7+,8+,9-/m1/s1. The van der Waals surface area contributed by atoms with Crippen LogP contribution >= 0.6 is 0 Å². The summed E-state index contributed by atoms with van der Waals surface area (Å²) in [6, 6.07) is -0.439. The van der Waals surface area contributed by atoms with Gasteiger partial charge in [-0.3, -0.25) is 4.90 Å². The minimum atomic E-state index is -0.889. The zero-order valence-electron chi connectivity index (χ0n) is 7.95. The summed E-state index contributed by atoms with van der Waals surface area (Å²) in [5.41, 5.74) is 0. The second-order valence-electron chi connectivity index (χ2n) is 4.23. The number of rotatable bonds is 1. The SMILES string of the molecule is OC[C@H]1CC[C@@H](O)[C@H]2[C@H](O)[C@@H](O)CN12. The van der Waals surface area contributed by atoms with Gasteiger partial charge in [0.05, 0.1) is 31.0 Å². The first-order valence-electron chi connectivity index (χ1n) is 5.06. The van der Waals surface area contributed by atoms with Crippen molar-refractivity contribution in [3.05, 3.63) is 0 Å². The fraction of sp³-hybridized carbons (Fsp3) is 1.00. The highest BCUT2D eigenvalue weighted by Crippen LogP contribution is 2.31. The first-order valence-corrected chi connectivity index (χ1v) is 5.06. The molecule has 2 fully saturated rings. The molecule has 0 aliphatic carbocycles. The quantitative estimate of drug-likeness (QED) is 0.393. The predicted octanol–water partition coefficient (Wildman–Crippen LogP) is -2.09. The van der Waals surface area contributed by atoms with Crippen molar-refractivity contribution in [2.75, 3.05) is 13.2 Å². The molecule has 0 saturated carbocycles. The molecule has 5 heteroatoms. The Labute approximate surface area is 82.6 Å². The van der Waals surface area contributed by atoms with Crippen LogP contribution in [0.2, 0.25) is 0 Å². The molecular weight excluding hydrogens is 186 g/mol. The lowest BCUT2D eigenvalue weighted by atomic mass is 9.93. The van der Waals surface area contributed by atoms with Crippen LogP contribution in [0.25, 0.3) is 0 Å². The van der Waals surface area contributed by atoms with Crippen molar-refractivity contribution < 1.29 is 20.4 Å². The topological polar surface area (TPSA) is 84.2 Å². The highest BCUT2D eigenvalue weighted by atomic mass is 16.3. The van der Waals surface area contributed by atoms with Crippen LogP contribution in [0.3, 0.4) is 0 Å². The summed E-state index contributed by atoms with van der Waals surface area (Å²) in [4.78, 5) is 1.82. The number of hydrogen-bond donors (Lipinski definition) is 4. The van der Waals surface area contributed by atoms with Gasteiger partial charge in [-0.15, -0.1) is 0 Å². The Morgan fingerprint density at radius 1 is 1.07 bits per heavy atom. The van der Waals surface area contributed by atoms with Crippen LogP contribution in [-0.2, 0) is 0 Å². The molecule has 2 saturated heterocycles. The molecular formula is C9H17NO4. The van der Waals surface area contributed by atoms with Gasteiger partial charge in [-0.25, -0.2) is 0 Å². The van der Waals surface area contributed by atoms with Crippen LogP contribution in [0.4, 0.5) is 0 Å². The van der Waals surface area contributed by atoms with E-state index in [0.717, 1.165) is 0 Å². The van der Waals surface area contributed by atoms with Gasteiger partial charge in [-0.1, -0.05) is 0 Å². The van der Waals surface area contributed by atoms with Gasteiger partial charge in [0.2, 0.25) is 0 Å². The predicted molar refractivity (Wildman–Crippen MR) is 48.6 cm³/mol. The molecule has 0 bridgehead atoms. The number of aliphatic hydroxyl groups is 4. The number of hydrogen-bond acceptors (Lipinski definition) is 5. The lowest BCUT2D eigenvalue weighted by Crippen LogP contribution is -2.54. The summed E-state index contributed by atoms with van der Waals surface area (Å²) in [7, 11) is 0. The highest BCUT2D eigenvalue weighted by molar-refractivity contribution is 5.02. The van der Waals surface area contributed by atoms with E-state index in [1.54, 1.807) is 0 Å². The molecule has 2 heterocycles. The minimum absolute atomic E-state index is 0.0165. The maximum atomic E-state index is 9.69. The summed E-state index contributed by atoms with van der Waals surface area (Å²) in [6.45, 7) is 0.358. The van der Waals surface area contributed by atoms with E-state index in [2.05, 4.69) is 0 Å². The summed E-state index contributed by atoms with van der Waals surface area (Å²) in [6.07, 6.45) is -0.991. The molecule has 0 aromatic heterocycles. The Morgan fingerprint density at radius 2 is 1.79 bits per heavy atom. The lowest BCUT2D eigenvalue weighted by Gasteiger charge is -2.40. The van der Waals surface area contributed by atoms with E-state index in [0.29, 0.717) is 19.4 Å². The van der Waals surface area contributed by atoms with Crippen molar-refractivity contribution in [1.29, 1.82) is 0 Å². The summed E-state index contributed by atoms with van der Waals surface area (Å²) >= 11 is 0. The van der Waals surface area contributed by atoms with Crippen molar-refractivity contribution in [3.63, 3.8) is 0 Å². The van der Waals surface area contributed by atoms with Crippen molar-refractivity contribution in [1.82, 2.24) is 4.90 Å². The van der Waals surface area contributed by atoms with E-state index < -0.39 is 24.4 Å². The Kier molecular flexibility index (Phi) is 2.77. The van der Waals surface area contributed by atoms with Crippen molar-refractivity contribution in [3.8, 4) is 0 Å². The number of piperidine rings is 1. The van der Waals surface area contributed by atoms with Crippen LogP contribution in [-0.4, -0.2) is 68.9 Å². The van der Waals surface area contributed by atoms with Crippen LogP contribution in [0.15, 0.2) is 0 Å². The van der Waals surface area contributed by atoms with Crippen LogP contribution in [0, 0.1) is 0 Å². The maximum absolute atomic E-state index is 9.69. The number of aliphatic hydroxyl groups excluding tert-OH is 4. The monoisotopic (exact) mass is 203 g/mol. The van der Waals surface area contributed by atoms with Crippen LogP contribution in [0.1, 0.15) is 12.8 Å². The zero-order valence-corrected chi connectivity index (χ0v) is 7.95. The lowest BCUT2D eigenvalue weighted by molar-refractivity contribution is -0.0536.